The molecule has 2 aromatic rings. The lowest BCUT2D eigenvalue weighted by Crippen LogP contribution is -2.24. The monoisotopic (exact) mass is 450 g/mol. The zero-order chi connectivity index (χ0) is 23.2. The molecule has 0 saturated carbocycles. The smallest absolute Gasteiger partial charge is 0.243 e. The number of nitrogens with zero attached hydrogens (tertiary/aromatic N) is 1. The van der Waals surface area contributed by atoms with Gasteiger partial charge in [0.15, 0.2) is 0 Å². The summed E-state index contributed by atoms with van der Waals surface area (Å²) in [5.74, 6) is 0.132. The van der Waals surface area contributed by atoms with E-state index in [1.807, 2.05) is 0 Å². The fraction of sp³-hybridized carbons (Fsp3) is 0.300. The quantitative estimate of drug-likeness (QED) is 0.533. The van der Waals surface area contributed by atoms with E-state index in [0.717, 1.165) is 4.31 Å². The molecular formula is C20H26N4O6S. The molecule has 0 saturated heterocycles. The highest BCUT2D eigenvalue weighted by Crippen LogP contribution is 2.29. The molecule has 0 atom stereocenters. The van der Waals surface area contributed by atoms with E-state index in [-0.39, 0.29) is 23.0 Å². The molecule has 11 heteroatoms. The minimum atomic E-state index is -3.68. The zero-order valence-electron chi connectivity index (χ0n) is 18.0. The maximum Gasteiger partial charge on any atom is 0.243 e. The van der Waals surface area contributed by atoms with Gasteiger partial charge < -0.3 is 25.4 Å². The van der Waals surface area contributed by atoms with Crippen LogP contribution in [0.4, 0.5) is 17.1 Å². The SMILES string of the molecule is COc1ccc(NC(C)=O)cc1NCC(=O)Nc1cc(S(=O)(=O)N(C)C)ccc1OC. The topological polar surface area (TPSA) is 126 Å². The largest absolute Gasteiger partial charge is 0.495 e. The van der Waals surface area contributed by atoms with Crippen molar-refractivity contribution in [2.75, 3.05) is 50.8 Å². The fourth-order valence-corrected chi connectivity index (χ4v) is 3.58. The number of benzene rings is 2. The van der Waals surface area contributed by atoms with E-state index in [0.29, 0.717) is 22.9 Å². The summed E-state index contributed by atoms with van der Waals surface area (Å²) in [6.07, 6.45) is 0. The van der Waals surface area contributed by atoms with Crippen molar-refractivity contribution < 1.29 is 27.5 Å². The van der Waals surface area contributed by atoms with E-state index in [1.165, 1.54) is 53.4 Å². The Morgan fingerprint density at radius 1 is 0.935 bits per heavy atom. The number of carbonyl (C=O) groups is 2. The van der Waals surface area contributed by atoms with Gasteiger partial charge in [-0.15, -0.1) is 0 Å². The highest BCUT2D eigenvalue weighted by molar-refractivity contribution is 7.89. The van der Waals surface area contributed by atoms with Gasteiger partial charge in [-0.25, -0.2) is 12.7 Å². The molecule has 168 valence electrons. The molecule has 3 N–H and O–H groups in total. The van der Waals surface area contributed by atoms with Crippen molar-refractivity contribution in [3.8, 4) is 11.5 Å². The maximum absolute atomic E-state index is 12.5. The lowest BCUT2D eigenvalue weighted by molar-refractivity contribution is -0.115. The van der Waals surface area contributed by atoms with Crippen molar-refractivity contribution >= 4 is 38.9 Å². The first-order valence-electron chi connectivity index (χ1n) is 9.18. The number of hydrogen-bond donors (Lipinski definition) is 3. The molecule has 0 aliphatic carbocycles. The number of rotatable bonds is 9. The average Bonchev–Trinajstić information content (AvgIpc) is 2.71. The van der Waals surface area contributed by atoms with Gasteiger partial charge in [-0.1, -0.05) is 0 Å². The number of nitrogens with one attached hydrogen (secondary N) is 3. The molecule has 0 radical (unpaired) electrons. The van der Waals surface area contributed by atoms with Gasteiger partial charge in [0, 0.05) is 26.7 Å². The van der Waals surface area contributed by atoms with Crippen LogP contribution in [0.15, 0.2) is 41.3 Å². The molecule has 2 rings (SSSR count). The third-order valence-electron chi connectivity index (χ3n) is 4.18. The van der Waals surface area contributed by atoms with Crippen LogP contribution >= 0.6 is 0 Å². The van der Waals surface area contributed by atoms with Crippen LogP contribution in [0.1, 0.15) is 6.92 Å². The van der Waals surface area contributed by atoms with Crippen LogP contribution in [0.3, 0.4) is 0 Å². The van der Waals surface area contributed by atoms with Gasteiger partial charge in [-0.05, 0) is 36.4 Å². The van der Waals surface area contributed by atoms with Crippen molar-refractivity contribution in [3.63, 3.8) is 0 Å². The van der Waals surface area contributed by atoms with Crippen LogP contribution in [0, 0.1) is 0 Å². The van der Waals surface area contributed by atoms with Gasteiger partial charge in [0.1, 0.15) is 11.5 Å². The molecule has 2 aromatic carbocycles. The molecule has 31 heavy (non-hydrogen) atoms. The molecule has 2 amide bonds. The number of carbonyl (C=O) groups excluding carboxylic acids is 2. The van der Waals surface area contributed by atoms with Gasteiger partial charge in [0.05, 0.1) is 37.0 Å². The van der Waals surface area contributed by atoms with E-state index in [1.54, 1.807) is 18.2 Å². The first kappa shape index (κ1) is 24.0. The molecule has 10 nitrogen and oxygen atoms in total. The van der Waals surface area contributed by atoms with Gasteiger partial charge in [0.25, 0.3) is 0 Å². The highest BCUT2D eigenvalue weighted by Gasteiger charge is 2.20. The Balaban J connectivity index is 2.19. The van der Waals surface area contributed by atoms with Crippen molar-refractivity contribution in [1.82, 2.24) is 4.31 Å². The van der Waals surface area contributed by atoms with Gasteiger partial charge in [-0.3, -0.25) is 9.59 Å². The molecule has 0 unspecified atom stereocenters. The number of hydrogen-bond acceptors (Lipinski definition) is 7. The third-order valence-corrected chi connectivity index (χ3v) is 5.99. The maximum atomic E-state index is 12.5. The van der Waals surface area contributed by atoms with Crippen LogP contribution in [-0.2, 0) is 19.6 Å². The van der Waals surface area contributed by atoms with Gasteiger partial charge in [0.2, 0.25) is 21.8 Å². The predicted molar refractivity (Wildman–Crippen MR) is 118 cm³/mol. The second-order valence-electron chi connectivity index (χ2n) is 6.65. The molecule has 0 aliphatic heterocycles. The number of methoxy groups -OCH3 is 2. The lowest BCUT2D eigenvalue weighted by Gasteiger charge is -2.16. The number of ether oxygens (including phenoxy) is 2. The second-order valence-corrected chi connectivity index (χ2v) is 8.80. The van der Waals surface area contributed by atoms with Crippen LogP contribution in [0.25, 0.3) is 0 Å². The predicted octanol–water partition coefficient (Wildman–Crippen LogP) is 1.96. The standard InChI is InChI=1S/C20H26N4O6S/c1-13(25)22-14-6-8-18(29-4)16(10-14)21-12-20(26)23-17-11-15(7-9-19(17)30-5)31(27,28)24(2)3/h6-11,21H,12H2,1-5H3,(H,22,25)(H,23,26). The minimum absolute atomic E-state index is 0.0197. The van der Waals surface area contributed by atoms with E-state index in [2.05, 4.69) is 16.0 Å². The summed E-state index contributed by atoms with van der Waals surface area (Å²) in [6.45, 7) is 1.25. The van der Waals surface area contributed by atoms with Crippen molar-refractivity contribution in [2.45, 2.75) is 11.8 Å². The Hall–Kier alpha value is -3.31. The lowest BCUT2D eigenvalue weighted by atomic mass is 10.2. The Morgan fingerprint density at radius 2 is 1.55 bits per heavy atom. The Bertz CT molecular complexity index is 1070. The Morgan fingerprint density at radius 3 is 2.13 bits per heavy atom. The fourth-order valence-electron chi connectivity index (χ4n) is 2.65. The van der Waals surface area contributed by atoms with Gasteiger partial charge >= 0.3 is 0 Å². The summed E-state index contributed by atoms with van der Waals surface area (Å²) in [5.41, 5.74) is 1.26. The van der Waals surface area contributed by atoms with E-state index < -0.39 is 15.9 Å². The minimum Gasteiger partial charge on any atom is -0.495 e. The van der Waals surface area contributed by atoms with Crippen LogP contribution < -0.4 is 25.4 Å². The summed E-state index contributed by atoms with van der Waals surface area (Å²) >= 11 is 0. The summed E-state index contributed by atoms with van der Waals surface area (Å²) in [7, 11) is 2.07. The van der Waals surface area contributed by atoms with E-state index >= 15 is 0 Å². The zero-order valence-corrected chi connectivity index (χ0v) is 18.8. The summed E-state index contributed by atoms with van der Waals surface area (Å²) in [6, 6.07) is 9.18. The first-order valence-corrected chi connectivity index (χ1v) is 10.6. The third kappa shape index (κ3) is 6.09. The van der Waals surface area contributed by atoms with Crippen molar-refractivity contribution in [2.24, 2.45) is 0 Å². The second kappa shape index (κ2) is 10.1. The molecule has 0 aromatic heterocycles. The molecule has 0 heterocycles. The summed E-state index contributed by atoms with van der Waals surface area (Å²) in [5, 5.41) is 8.25. The Kier molecular flexibility index (Phi) is 7.83. The van der Waals surface area contributed by atoms with Crippen LogP contribution in [0.5, 0.6) is 11.5 Å². The van der Waals surface area contributed by atoms with E-state index in [9.17, 15) is 18.0 Å². The van der Waals surface area contributed by atoms with Crippen LogP contribution in [0.2, 0.25) is 0 Å². The summed E-state index contributed by atoms with van der Waals surface area (Å²) in [4.78, 5) is 23.8. The average molecular weight is 451 g/mol. The molecule has 0 bridgehead atoms. The van der Waals surface area contributed by atoms with Gasteiger partial charge in [-0.2, -0.15) is 0 Å². The molecular weight excluding hydrogens is 424 g/mol. The summed E-state index contributed by atoms with van der Waals surface area (Å²) < 4.78 is 36.3. The molecule has 0 spiro atoms. The normalized spacial score (nSPS) is 11.0. The van der Waals surface area contributed by atoms with Crippen molar-refractivity contribution in [3.05, 3.63) is 36.4 Å². The van der Waals surface area contributed by atoms with Crippen molar-refractivity contribution in [1.29, 1.82) is 0 Å². The molecule has 0 fully saturated rings. The number of anilines is 3. The Labute approximate surface area is 181 Å². The van der Waals surface area contributed by atoms with E-state index in [4.69, 9.17) is 9.47 Å². The number of amides is 2. The molecule has 0 aliphatic rings. The number of sulfonamides is 1. The highest BCUT2D eigenvalue weighted by atomic mass is 32.2. The first-order chi connectivity index (χ1) is 14.6. The van der Waals surface area contributed by atoms with Crippen LogP contribution in [-0.4, -0.2) is 59.4 Å².